The molecule has 1 aliphatic carbocycles. The predicted molar refractivity (Wildman–Crippen MR) is 96.6 cm³/mol. The van der Waals surface area contributed by atoms with Crippen LogP contribution >= 0.6 is 12.4 Å². The Balaban J connectivity index is 0.00000225. The van der Waals surface area contributed by atoms with Crippen LogP contribution in [-0.4, -0.2) is 30.8 Å². The zero-order valence-corrected chi connectivity index (χ0v) is 15.6. The van der Waals surface area contributed by atoms with Gasteiger partial charge in [0.1, 0.15) is 5.54 Å². The van der Waals surface area contributed by atoms with Crippen LogP contribution in [0.4, 0.5) is 10.1 Å². The van der Waals surface area contributed by atoms with Gasteiger partial charge in [-0.25, -0.2) is 4.39 Å². The maximum absolute atomic E-state index is 14.0. The number of carbonyl (C=O) groups excluding carboxylic acids is 1. The second-order valence-electron chi connectivity index (χ2n) is 7.16. The number of nitrogens with two attached hydrogens (primary N) is 1. The minimum absolute atomic E-state index is 0. The van der Waals surface area contributed by atoms with Gasteiger partial charge < -0.3 is 20.5 Å². The Bertz CT molecular complexity index is 655. The number of halogens is 2. The van der Waals surface area contributed by atoms with Crippen LogP contribution in [0, 0.1) is 17.2 Å². The minimum atomic E-state index is -1.02. The third kappa shape index (κ3) is 3.00. The van der Waals surface area contributed by atoms with Gasteiger partial charge in [-0.15, -0.1) is 12.4 Å². The zero-order chi connectivity index (χ0) is 17.5. The summed E-state index contributed by atoms with van der Waals surface area (Å²) in [5.41, 5.74) is 5.42. The summed E-state index contributed by atoms with van der Waals surface area (Å²) < 4.78 is 25.0. The van der Waals surface area contributed by atoms with Gasteiger partial charge >= 0.3 is 0 Å². The van der Waals surface area contributed by atoms with E-state index in [4.69, 9.17) is 15.2 Å². The summed E-state index contributed by atoms with van der Waals surface area (Å²) in [6.07, 6.45) is 1.77. The van der Waals surface area contributed by atoms with Crippen LogP contribution in [0.15, 0.2) is 18.2 Å². The van der Waals surface area contributed by atoms with E-state index in [0.717, 1.165) is 12.8 Å². The average molecular weight is 373 g/mol. The summed E-state index contributed by atoms with van der Waals surface area (Å²) in [7, 11) is 0. The number of benzene rings is 1. The summed E-state index contributed by atoms with van der Waals surface area (Å²) in [6, 6.07) is 4.39. The summed E-state index contributed by atoms with van der Waals surface area (Å²) in [6.45, 7) is 6.79. The van der Waals surface area contributed by atoms with Crippen LogP contribution in [0.1, 0.15) is 33.6 Å². The van der Waals surface area contributed by atoms with Gasteiger partial charge in [0.2, 0.25) is 5.91 Å². The fraction of sp³-hybridized carbons (Fsp3) is 0.611. The smallest absolute Gasteiger partial charge is 0.245 e. The Hall–Kier alpha value is -1.37. The first kappa shape index (κ1) is 19.9. The van der Waals surface area contributed by atoms with Crippen molar-refractivity contribution in [1.29, 1.82) is 0 Å². The van der Waals surface area contributed by atoms with Crippen molar-refractivity contribution in [2.45, 2.75) is 45.3 Å². The highest BCUT2D eigenvalue weighted by molar-refractivity contribution is 6.00. The summed E-state index contributed by atoms with van der Waals surface area (Å²) in [4.78, 5) is 12.9. The lowest BCUT2D eigenvalue weighted by Gasteiger charge is -2.65. The van der Waals surface area contributed by atoms with E-state index < -0.39 is 16.8 Å². The third-order valence-electron chi connectivity index (χ3n) is 5.55. The highest BCUT2D eigenvalue weighted by atomic mass is 35.5. The second kappa shape index (κ2) is 7.09. The number of amides is 1. The number of fused-ring (bicyclic) bond motifs is 1. The molecule has 1 saturated carbocycles. The number of ether oxygens (including phenoxy) is 2. The standard InChI is InChI=1S/C18H25FN2O3.ClH/c1-4-23-14-8-7-11(10-13(14)19)21-16(22)18(20)12-6-5-9-24-15(12)17(18,2)3;/h7-8,10,12,15H,4-6,9,20H2,1-3H3,(H,21,22);1H. The van der Waals surface area contributed by atoms with Crippen LogP contribution in [0.25, 0.3) is 0 Å². The molecule has 2 fully saturated rings. The summed E-state index contributed by atoms with van der Waals surface area (Å²) >= 11 is 0. The van der Waals surface area contributed by atoms with Gasteiger partial charge in [0, 0.05) is 29.7 Å². The Morgan fingerprint density at radius 3 is 2.84 bits per heavy atom. The highest BCUT2D eigenvalue weighted by Gasteiger charge is 2.70. The van der Waals surface area contributed by atoms with E-state index in [2.05, 4.69) is 5.32 Å². The molecule has 0 radical (unpaired) electrons. The van der Waals surface area contributed by atoms with Crippen LogP contribution in [0.5, 0.6) is 5.75 Å². The summed E-state index contributed by atoms with van der Waals surface area (Å²) in [5.74, 6) is -0.633. The van der Waals surface area contributed by atoms with Crippen molar-refractivity contribution < 1.29 is 18.7 Å². The molecule has 1 aromatic rings. The Labute approximate surface area is 153 Å². The van der Waals surface area contributed by atoms with Crippen molar-refractivity contribution in [3.05, 3.63) is 24.0 Å². The SMILES string of the molecule is CCOc1ccc(NC(=O)C2(N)C3CCCOC3C2(C)C)cc1F.Cl. The minimum Gasteiger partial charge on any atom is -0.491 e. The first-order valence-electron chi connectivity index (χ1n) is 8.46. The van der Waals surface area contributed by atoms with E-state index in [-0.39, 0.29) is 36.1 Å². The molecule has 3 atom stereocenters. The number of hydrogen-bond acceptors (Lipinski definition) is 4. The molecule has 3 unspecified atom stereocenters. The first-order chi connectivity index (χ1) is 11.3. The van der Waals surface area contributed by atoms with Crippen molar-refractivity contribution in [2.24, 2.45) is 17.1 Å². The molecular weight excluding hydrogens is 347 g/mol. The molecule has 0 bridgehead atoms. The second-order valence-corrected chi connectivity index (χ2v) is 7.16. The number of hydrogen-bond donors (Lipinski definition) is 2. The molecule has 7 heteroatoms. The molecule has 1 aromatic carbocycles. The van der Waals surface area contributed by atoms with Crippen molar-refractivity contribution in [3.63, 3.8) is 0 Å². The van der Waals surface area contributed by atoms with Crippen molar-refractivity contribution >= 4 is 24.0 Å². The lowest BCUT2D eigenvalue weighted by atomic mass is 9.46. The summed E-state index contributed by atoms with van der Waals surface area (Å²) in [5, 5.41) is 2.77. The third-order valence-corrected chi connectivity index (χ3v) is 5.55. The Morgan fingerprint density at radius 2 is 2.20 bits per heavy atom. The molecule has 1 aliphatic heterocycles. The molecular formula is C18H26ClFN2O3. The van der Waals surface area contributed by atoms with Gasteiger partial charge in [0.15, 0.2) is 11.6 Å². The highest BCUT2D eigenvalue weighted by Crippen LogP contribution is 2.57. The van der Waals surface area contributed by atoms with E-state index in [1.165, 1.54) is 12.1 Å². The van der Waals surface area contributed by atoms with Gasteiger partial charge in [0.05, 0.1) is 12.7 Å². The normalized spacial score (nSPS) is 29.6. The largest absolute Gasteiger partial charge is 0.491 e. The van der Waals surface area contributed by atoms with Gasteiger partial charge in [-0.2, -0.15) is 0 Å². The van der Waals surface area contributed by atoms with E-state index in [1.807, 2.05) is 13.8 Å². The topological polar surface area (TPSA) is 73.6 Å². The van der Waals surface area contributed by atoms with E-state index in [9.17, 15) is 9.18 Å². The molecule has 140 valence electrons. The molecule has 1 saturated heterocycles. The molecule has 1 heterocycles. The van der Waals surface area contributed by atoms with Crippen molar-refractivity contribution in [3.8, 4) is 5.75 Å². The van der Waals surface area contributed by atoms with Crippen LogP contribution in [-0.2, 0) is 9.53 Å². The lowest BCUT2D eigenvalue weighted by Crippen LogP contribution is -2.81. The monoisotopic (exact) mass is 372 g/mol. The van der Waals surface area contributed by atoms with E-state index in [1.54, 1.807) is 13.0 Å². The molecule has 1 amide bonds. The maximum atomic E-state index is 14.0. The molecule has 0 aromatic heterocycles. The van der Waals surface area contributed by atoms with Gasteiger partial charge in [-0.05, 0) is 31.9 Å². The maximum Gasteiger partial charge on any atom is 0.245 e. The van der Waals surface area contributed by atoms with E-state index in [0.29, 0.717) is 18.9 Å². The average Bonchev–Trinajstić information content (AvgIpc) is 2.56. The molecule has 25 heavy (non-hydrogen) atoms. The van der Waals surface area contributed by atoms with Crippen LogP contribution < -0.4 is 15.8 Å². The Kier molecular flexibility index (Phi) is 5.66. The fourth-order valence-electron chi connectivity index (χ4n) is 4.12. The molecule has 3 rings (SSSR count). The number of rotatable bonds is 4. The lowest BCUT2D eigenvalue weighted by molar-refractivity contribution is -0.222. The Morgan fingerprint density at radius 1 is 1.48 bits per heavy atom. The molecule has 0 spiro atoms. The fourth-order valence-corrected chi connectivity index (χ4v) is 4.12. The van der Waals surface area contributed by atoms with Crippen molar-refractivity contribution in [1.82, 2.24) is 0 Å². The number of nitrogens with one attached hydrogen (secondary N) is 1. The van der Waals surface area contributed by atoms with Gasteiger partial charge in [-0.3, -0.25) is 4.79 Å². The molecule has 5 nitrogen and oxygen atoms in total. The molecule has 2 aliphatic rings. The molecule has 3 N–H and O–H groups in total. The number of anilines is 1. The first-order valence-corrected chi connectivity index (χ1v) is 8.46. The number of carbonyl (C=O) groups is 1. The van der Waals surface area contributed by atoms with E-state index >= 15 is 0 Å². The van der Waals surface area contributed by atoms with Gasteiger partial charge in [0.25, 0.3) is 0 Å². The van der Waals surface area contributed by atoms with Crippen molar-refractivity contribution in [2.75, 3.05) is 18.5 Å². The zero-order valence-electron chi connectivity index (χ0n) is 14.8. The quantitative estimate of drug-likeness (QED) is 0.851. The van der Waals surface area contributed by atoms with Gasteiger partial charge in [-0.1, -0.05) is 13.8 Å². The van der Waals surface area contributed by atoms with Crippen LogP contribution in [0.3, 0.4) is 0 Å². The predicted octanol–water partition coefficient (Wildman–Crippen LogP) is 3.12. The van der Waals surface area contributed by atoms with Crippen LogP contribution in [0.2, 0.25) is 0 Å².